The van der Waals surface area contributed by atoms with Gasteiger partial charge in [0.2, 0.25) is 5.91 Å². The molecule has 2 aromatic carbocycles. The number of phenols is 1. The molecule has 0 saturated heterocycles. The normalized spacial score (nSPS) is 20.8. The van der Waals surface area contributed by atoms with E-state index in [9.17, 15) is 9.90 Å². The number of phenolic OH excluding ortho intramolecular Hbond substituents is 1. The molecule has 0 saturated carbocycles. The van der Waals surface area contributed by atoms with Crippen molar-refractivity contribution >= 4 is 11.6 Å². The zero-order chi connectivity index (χ0) is 20.4. The van der Waals surface area contributed by atoms with Gasteiger partial charge in [0.15, 0.2) is 11.5 Å². The molecule has 0 fully saturated rings. The first kappa shape index (κ1) is 19.1. The number of ether oxygens (including phenoxy) is 2. The first-order chi connectivity index (χ1) is 14.1. The fourth-order valence-electron chi connectivity index (χ4n) is 3.99. The first-order valence-corrected chi connectivity index (χ1v) is 9.66. The minimum Gasteiger partial charge on any atom is -0.508 e. The van der Waals surface area contributed by atoms with Gasteiger partial charge in [-0.05, 0) is 48.7 Å². The van der Waals surface area contributed by atoms with Crippen LogP contribution in [-0.2, 0) is 11.3 Å². The summed E-state index contributed by atoms with van der Waals surface area (Å²) in [6, 6.07) is 12.6. The van der Waals surface area contributed by atoms with Crippen LogP contribution in [0.5, 0.6) is 17.2 Å². The van der Waals surface area contributed by atoms with Crippen molar-refractivity contribution in [2.75, 3.05) is 14.2 Å². The van der Waals surface area contributed by atoms with Crippen LogP contribution in [0.4, 0.5) is 0 Å². The number of rotatable bonds is 5. The lowest BCUT2D eigenvalue weighted by Crippen LogP contribution is -2.45. The monoisotopic (exact) mass is 392 g/mol. The average Bonchev–Trinajstić information content (AvgIpc) is 2.76. The molecule has 4 rings (SSSR count). The number of hydrazone groups is 1. The van der Waals surface area contributed by atoms with E-state index in [4.69, 9.17) is 14.6 Å². The molecule has 0 aromatic heterocycles. The first-order valence-electron chi connectivity index (χ1n) is 9.66. The third kappa shape index (κ3) is 3.70. The Labute approximate surface area is 170 Å². The number of methoxy groups -OCH3 is 2. The molecule has 6 nitrogen and oxygen atoms in total. The van der Waals surface area contributed by atoms with E-state index in [1.807, 2.05) is 18.2 Å². The maximum absolute atomic E-state index is 13.1. The van der Waals surface area contributed by atoms with Gasteiger partial charge in [0.05, 0.1) is 32.4 Å². The van der Waals surface area contributed by atoms with Crippen LogP contribution < -0.4 is 9.47 Å². The Hall–Kier alpha value is -3.28. The topological polar surface area (TPSA) is 71.4 Å². The van der Waals surface area contributed by atoms with Crippen LogP contribution in [0.2, 0.25) is 0 Å². The number of hydrogen-bond acceptors (Lipinski definition) is 5. The van der Waals surface area contributed by atoms with E-state index in [1.54, 1.807) is 43.5 Å². The summed E-state index contributed by atoms with van der Waals surface area (Å²) < 4.78 is 10.8. The summed E-state index contributed by atoms with van der Waals surface area (Å²) in [5.41, 5.74) is 2.73. The van der Waals surface area contributed by atoms with Crippen molar-refractivity contribution in [2.24, 2.45) is 16.9 Å². The van der Waals surface area contributed by atoms with E-state index in [-0.39, 0.29) is 23.5 Å². The second-order valence-electron chi connectivity index (χ2n) is 7.27. The van der Waals surface area contributed by atoms with Gasteiger partial charge in [-0.15, -0.1) is 0 Å². The Kier molecular flexibility index (Phi) is 5.25. The number of aromatic hydroxyl groups is 1. The number of allylic oxidation sites excluding steroid dienone is 2. The molecule has 0 radical (unpaired) electrons. The van der Waals surface area contributed by atoms with Gasteiger partial charge in [-0.1, -0.05) is 24.3 Å². The second-order valence-corrected chi connectivity index (χ2v) is 7.27. The van der Waals surface area contributed by atoms with Crippen molar-refractivity contribution < 1.29 is 19.4 Å². The molecule has 1 amide bonds. The lowest BCUT2D eigenvalue weighted by molar-refractivity contribution is -0.138. The Morgan fingerprint density at radius 2 is 1.69 bits per heavy atom. The van der Waals surface area contributed by atoms with E-state index in [1.165, 1.54) is 0 Å². The quantitative estimate of drug-likeness (QED) is 0.787. The van der Waals surface area contributed by atoms with E-state index >= 15 is 0 Å². The number of fused-ring (bicyclic) bond motifs is 1. The van der Waals surface area contributed by atoms with Crippen molar-refractivity contribution in [1.29, 1.82) is 0 Å². The van der Waals surface area contributed by atoms with E-state index in [2.05, 4.69) is 12.2 Å². The lowest BCUT2D eigenvalue weighted by Gasteiger charge is -2.37. The maximum atomic E-state index is 13.1. The van der Waals surface area contributed by atoms with Crippen molar-refractivity contribution in [1.82, 2.24) is 5.01 Å². The number of benzene rings is 2. The van der Waals surface area contributed by atoms with Crippen LogP contribution in [0.25, 0.3) is 0 Å². The minimum atomic E-state index is -0.127. The highest BCUT2D eigenvalue weighted by atomic mass is 16.5. The molecular weight excluding hydrogens is 368 g/mol. The van der Waals surface area contributed by atoms with Gasteiger partial charge in [-0.25, -0.2) is 5.01 Å². The van der Waals surface area contributed by atoms with Crippen molar-refractivity contribution in [2.45, 2.75) is 19.4 Å². The molecule has 150 valence electrons. The summed E-state index contributed by atoms with van der Waals surface area (Å²) in [5, 5.41) is 15.8. The average molecular weight is 392 g/mol. The smallest absolute Gasteiger partial charge is 0.247 e. The largest absolute Gasteiger partial charge is 0.508 e. The third-order valence-corrected chi connectivity index (χ3v) is 5.53. The Balaban J connectivity index is 1.73. The van der Waals surface area contributed by atoms with E-state index in [0.717, 1.165) is 23.3 Å². The molecule has 6 heteroatoms. The number of amides is 1. The van der Waals surface area contributed by atoms with Crippen molar-refractivity contribution in [3.05, 3.63) is 65.7 Å². The number of carbonyl (C=O) groups excluding carboxylic acids is 1. The van der Waals surface area contributed by atoms with Gasteiger partial charge in [0, 0.05) is 11.5 Å². The summed E-state index contributed by atoms with van der Waals surface area (Å²) in [6.45, 7) is 0.364. The highest BCUT2D eigenvalue weighted by Gasteiger charge is 2.40. The van der Waals surface area contributed by atoms with Gasteiger partial charge < -0.3 is 14.6 Å². The molecule has 2 aliphatic rings. The van der Waals surface area contributed by atoms with Crippen LogP contribution in [0, 0.1) is 11.8 Å². The van der Waals surface area contributed by atoms with Crippen LogP contribution >= 0.6 is 0 Å². The summed E-state index contributed by atoms with van der Waals surface area (Å²) in [5.74, 6) is 1.45. The third-order valence-electron chi connectivity index (χ3n) is 5.53. The Morgan fingerprint density at radius 1 is 1.00 bits per heavy atom. The van der Waals surface area contributed by atoms with Gasteiger partial charge in [0.1, 0.15) is 5.75 Å². The molecule has 1 heterocycles. The molecule has 1 N–H and O–H groups in total. The van der Waals surface area contributed by atoms with E-state index < -0.39 is 0 Å². The molecule has 0 bridgehead atoms. The van der Waals surface area contributed by atoms with Crippen molar-refractivity contribution in [3.8, 4) is 17.2 Å². The molecule has 2 aromatic rings. The fourth-order valence-corrected chi connectivity index (χ4v) is 3.99. The summed E-state index contributed by atoms with van der Waals surface area (Å²) in [7, 11) is 3.22. The van der Waals surface area contributed by atoms with E-state index in [0.29, 0.717) is 24.5 Å². The standard InChI is InChI=1S/C23H24N2O4/c1-28-20-12-9-16(13-21(20)29-2)22-18-5-3-4-6-19(18)23(27)25(24-22)14-15-7-10-17(26)11-8-15/h3-4,7-13,18-19,26H,5-6,14H2,1-2H3. The summed E-state index contributed by atoms with van der Waals surface area (Å²) in [4.78, 5) is 13.1. The predicted molar refractivity (Wildman–Crippen MR) is 110 cm³/mol. The molecule has 29 heavy (non-hydrogen) atoms. The zero-order valence-electron chi connectivity index (χ0n) is 16.5. The molecule has 1 aliphatic heterocycles. The fraction of sp³-hybridized carbons (Fsp3) is 0.304. The minimum absolute atomic E-state index is 0.0386. The highest BCUT2D eigenvalue weighted by Crippen LogP contribution is 2.37. The molecule has 0 spiro atoms. The zero-order valence-corrected chi connectivity index (χ0v) is 16.5. The lowest BCUT2D eigenvalue weighted by atomic mass is 9.76. The van der Waals surface area contributed by atoms with Crippen molar-refractivity contribution in [3.63, 3.8) is 0 Å². The SMILES string of the molecule is COc1ccc(C2=NN(Cc3ccc(O)cc3)C(=O)C3CC=CCC23)cc1OC. The Morgan fingerprint density at radius 3 is 2.38 bits per heavy atom. The molecular formula is C23H24N2O4. The highest BCUT2D eigenvalue weighted by molar-refractivity contribution is 6.07. The number of carbonyl (C=O) groups is 1. The Bertz CT molecular complexity index is 965. The second kappa shape index (κ2) is 7.99. The molecule has 1 aliphatic carbocycles. The molecule has 2 atom stereocenters. The maximum Gasteiger partial charge on any atom is 0.247 e. The predicted octanol–water partition coefficient (Wildman–Crippen LogP) is 3.74. The van der Waals surface area contributed by atoms with Gasteiger partial charge in [-0.2, -0.15) is 5.10 Å². The van der Waals surface area contributed by atoms with Gasteiger partial charge >= 0.3 is 0 Å². The summed E-state index contributed by atoms with van der Waals surface area (Å²) in [6.07, 6.45) is 5.70. The van der Waals surface area contributed by atoms with Crippen LogP contribution in [0.3, 0.4) is 0 Å². The van der Waals surface area contributed by atoms with Crippen LogP contribution in [-0.4, -0.2) is 36.0 Å². The van der Waals surface area contributed by atoms with Gasteiger partial charge in [0.25, 0.3) is 0 Å². The number of hydrogen-bond donors (Lipinski definition) is 1. The summed E-state index contributed by atoms with van der Waals surface area (Å²) >= 11 is 0. The molecule has 2 unspecified atom stereocenters. The number of nitrogens with zero attached hydrogens (tertiary/aromatic N) is 2. The van der Waals surface area contributed by atoms with Crippen LogP contribution in [0.15, 0.2) is 59.7 Å². The van der Waals surface area contributed by atoms with Gasteiger partial charge in [-0.3, -0.25) is 4.79 Å². The van der Waals surface area contributed by atoms with Crippen LogP contribution in [0.1, 0.15) is 24.0 Å².